The lowest BCUT2D eigenvalue weighted by atomic mass is 10.2. The van der Waals surface area contributed by atoms with Crippen molar-refractivity contribution in [3.05, 3.63) is 28.7 Å². The highest BCUT2D eigenvalue weighted by molar-refractivity contribution is 9.10. The van der Waals surface area contributed by atoms with Crippen molar-refractivity contribution in [2.24, 2.45) is 4.99 Å². The number of anilines is 1. The van der Waals surface area contributed by atoms with E-state index in [0.29, 0.717) is 25.6 Å². The number of rotatable bonds is 7. The molecule has 1 heterocycles. The first-order valence-electron chi connectivity index (χ1n) is 8.30. The molecule has 0 saturated carbocycles. The van der Waals surface area contributed by atoms with Crippen LogP contribution in [0.25, 0.3) is 0 Å². The Labute approximate surface area is 158 Å². The average molecular weight is 432 g/mol. The minimum atomic E-state index is -3.12. The second-order valence-corrected chi connectivity index (χ2v) is 8.82. The number of nitrogens with zero attached hydrogens (tertiary/aromatic N) is 2. The molecular weight excluding hydrogens is 406 g/mol. The molecule has 1 aliphatic rings. The van der Waals surface area contributed by atoms with E-state index in [2.05, 4.69) is 65.4 Å². The van der Waals surface area contributed by atoms with Gasteiger partial charge in [-0.25, -0.2) is 13.1 Å². The fraction of sp³-hybridized carbons (Fsp3) is 0.562. The monoisotopic (exact) mass is 431 g/mol. The van der Waals surface area contributed by atoms with Gasteiger partial charge in [-0.1, -0.05) is 15.9 Å². The highest BCUT2D eigenvalue weighted by Crippen LogP contribution is 2.22. The minimum Gasteiger partial charge on any atom is -0.369 e. The maximum atomic E-state index is 11.0. The lowest BCUT2D eigenvalue weighted by Gasteiger charge is -2.20. The molecule has 1 unspecified atom stereocenters. The zero-order valence-electron chi connectivity index (χ0n) is 14.6. The second-order valence-electron chi connectivity index (χ2n) is 6.07. The third kappa shape index (κ3) is 7.21. The molecule has 1 atom stereocenters. The molecule has 0 radical (unpaired) electrons. The zero-order chi connectivity index (χ0) is 18.3. The van der Waals surface area contributed by atoms with E-state index in [1.807, 2.05) is 0 Å². The molecule has 0 bridgehead atoms. The molecule has 2 rings (SSSR count). The molecular formula is C16H26BrN5O2S. The molecule has 7 nitrogen and oxygen atoms in total. The normalized spacial score (nSPS) is 18.4. The van der Waals surface area contributed by atoms with Gasteiger partial charge in [0, 0.05) is 49.4 Å². The largest absolute Gasteiger partial charge is 0.369 e. The SMILES string of the molecule is CN=C(NCCCNS(C)(=O)=O)NC1CCN(c2ccc(Br)cc2)C1. The molecule has 1 aliphatic heterocycles. The lowest BCUT2D eigenvalue weighted by Crippen LogP contribution is -2.45. The van der Waals surface area contributed by atoms with E-state index in [9.17, 15) is 8.42 Å². The van der Waals surface area contributed by atoms with E-state index in [0.717, 1.165) is 36.2 Å². The maximum absolute atomic E-state index is 11.0. The molecule has 0 spiro atoms. The summed E-state index contributed by atoms with van der Waals surface area (Å²) in [4.78, 5) is 6.59. The topological polar surface area (TPSA) is 85.8 Å². The molecule has 1 aromatic carbocycles. The van der Waals surface area contributed by atoms with Crippen molar-refractivity contribution in [1.29, 1.82) is 0 Å². The van der Waals surface area contributed by atoms with Crippen LogP contribution in [0.15, 0.2) is 33.7 Å². The predicted molar refractivity (Wildman–Crippen MR) is 107 cm³/mol. The van der Waals surface area contributed by atoms with Gasteiger partial charge in [-0.3, -0.25) is 4.99 Å². The molecule has 0 aliphatic carbocycles. The summed E-state index contributed by atoms with van der Waals surface area (Å²) in [5.41, 5.74) is 1.22. The van der Waals surface area contributed by atoms with Gasteiger partial charge in [0.25, 0.3) is 0 Å². The molecule has 25 heavy (non-hydrogen) atoms. The molecule has 1 aromatic rings. The van der Waals surface area contributed by atoms with Crippen molar-refractivity contribution < 1.29 is 8.42 Å². The van der Waals surface area contributed by atoms with Crippen LogP contribution < -0.4 is 20.3 Å². The van der Waals surface area contributed by atoms with Gasteiger partial charge in [0.1, 0.15) is 0 Å². The molecule has 1 saturated heterocycles. The van der Waals surface area contributed by atoms with Gasteiger partial charge in [0.2, 0.25) is 10.0 Å². The van der Waals surface area contributed by atoms with E-state index < -0.39 is 10.0 Å². The fourth-order valence-corrected chi connectivity index (χ4v) is 3.48. The van der Waals surface area contributed by atoms with Gasteiger partial charge in [-0.15, -0.1) is 0 Å². The van der Waals surface area contributed by atoms with Crippen LogP contribution in [-0.2, 0) is 10.0 Å². The smallest absolute Gasteiger partial charge is 0.208 e. The molecule has 0 amide bonds. The Bertz CT molecular complexity index is 678. The highest BCUT2D eigenvalue weighted by Gasteiger charge is 2.23. The zero-order valence-corrected chi connectivity index (χ0v) is 17.0. The average Bonchev–Trinajstić information content (AvgIpc) is 3.01. The van der Waals surface area contributed by atoms with Gasteiger partial charge in [0.15, 0.2) is 5.96 Å². The number of hydrogen-bond acceptors (Lipinski definition) is 4. The number of nitrogens with one attached hydrogen (secondary N) is 3. The van der Waals surface area contributed by atoms with Crippen LogP contribution in [0.1, 0.15) is 12.8 Å². The van der Waals surface area contributed by atoms with Crippen LogP contribution in [-0.4, -0.2) is 59.9 Å². The molecule has 140 valence electrons. The number of sulfonamides is 1. The number of benzene rings is 1. The molecule has 1 fully saturated rings. The van der Waals surface area contributed by atoms with Gasteiger partial charge in [-0.2, -0.15) is 0 Å². The Hall–Kier alpha value is -1.32. The summed E-state index contributed by atoms with van der Waals surface area (Å²) in [6, 6.07) is 8.69. The standard InChI is InChI=1S/C16H26BrN5O2S/c1-18-16(19-9-3-10-20-25(2,23)24)21-14-8-11-22(12-14)15-6-4-13(17)5-7-15/h4-7,14,20H,3,8-12H2,1-2H3,(H2,18,19,21). The van der Waals surface area contributed by atoms with E-state index in [1.165, 1.54) is 5.69 Å². The number of aliphatic imine (C=N–C) groups is 1. The van der Waals surface area contributed by atoms with Gasteiger partial charge in [0.05, 0.1) is 6.26 Å². The molecule has 0 aromatic heterocycles. The summed E-state index contributed by atoms with van der Waals surface area (Å²) in [7, 11) is -1.37. The summed E-state index contributed by atoms with van der Waals surface area (Å²) < 4.78 is 25.6. The minimum absolute atomic E-state index is 0.337. The Kier molecular flexibility index (Phi) is 7.52. The summed E-state index contributed by atoms with van der Waals surface area (Å²) in [5, 5.41) is 6.66. The number of hydrogen-bond donors (Lipinski definition) is 3. The molecule has 9 heteroatoms. The number of halogens is 1. The van der Waals surface area contributed by atoms with Crippen LogP contribution in [0.5, 0.6) is 0 Å². The van der Waals surface area contributed by atoms with Crippen molar-refractivity contribution in [3.63, 3.8) is 0 Å². The summed E-state index contributed by atoms with van der Waals surface area (Å²) in [6.07, 6.45) is 2.91. The van der Waals surface area contributed by atoms with E-state index in [1.54, 1.807) is 7.05 Å². The second kappa shape index (κ2) is 9.40. The summed E-state index contributed by atoms with van der Waals surface area (Å²) in [5.74, 6) is 0.752. The van der Waals surface area contributed by atoms with Crippen molar-refractivity contribution in [2.45, 2.75) is 18.9 Å². The van der Waals surface area contributed by atoms with Gasteiger partial charge in [-0.05, 0) is 37.1 Å². The lowest BCUT2D eigenvalue weighted by molar-refractivity contribution is 0.583. The van der Waals surface area contributed by atoms with Gasteiger partial charge >= 0.3 is 0 Å². The van der Waals surface area contributed by atoms with Crippen molar-refractivity contribution >= 4 is 37.6 Å². The quantitative estimate of drug-likeness (QED) is 0.342. The summed E-state index contributed by atoms with van der Waals surface area (Å²) >= 11 is 3.46. The first kappa shape index (κ1) is 20.0. The Balaban J connectivity index is 1.72. The third-order valence-corrected chi connectivity index (χ3v) is 5.21. The number of guanidine groups is 1. The van der Waals surface area contributed by atoms with Crippen molar-refractivity contribution in [2.75, 3.05) is 44.4 Å². The van der Waals surface area contributed by atoms with Crippen LogP contribution in [0.2, 0.25) is 0 Å². The first-order valence-corrected chi connectivity index (χ1v) is 11.0. The maximum Gasteiger partial charge on any atom is 0.208 e. The Morgan fingerprint density at radius 3 is 2.68 bits per heavy atom. The van der Waals surface area contributed by atoms with Crippen molar-refractivity contribution in [1.82, 2.24) is 15.4 Å². The summed E-state index contributed by atoms with van der Waals surface area (Å²) in [6.45, 7) is 3.02. The highest BCUT2D eigenvalue weighted by atomic mass is 79.9. The van der Waals surface area contributed by atoms with Crippen LogP contribution in [0.4, 0.5) is 5.69 Å². The van der Waals surface area contributed by atoms with Crippen LogP contribution in [0.3, 0.4) is 0 Å². The van der Waals surface area contributed by atoms with Gasteiger partial charge < -0.3 is 15.5 Å². The fourth-order valence-electron chi connectivity index (χ4n) is 2.71. The van der Waals surface area contributed by atoms with Crippen LogP contribution in [0, 0.1) is 0 Å². The van der Waals surface area contributed by atoms with E-state index in [-0.39, 0.29) is 0 Å². The predicted octanol–water partition coefficient (Wildman–Crippen LogP) is 1.13. The van der Waals surface area contributed by atoms with Crippen LogP contribution >= 0.6 is 15.9 Å². The third-order valence-electron chi connectivity index (χ3n) is 3.95. The molecule has 3 N–H and O–H groups in total. The van der Waals surface area contributed by atoms with E-state index >= 15 is 0 Å². The Morgan fingerprint density at radius 1 is 1.32 bits per heavy atom. The van der Waals surface area contributed by atoms with E-state index in [4.69, 9.17) is 0 Å². The van der Waals surface area contributed by atoms with Crippen molar-refractivity contribution in [3.8, 4) is 0 Å². The Morgan fingerprint density at radius 2 is 2.04 bits per heavy atom. The first-order chi connectivity index (χ1) is 11.9.